The van der Waals surface area contributed by atoms with Gasteiger partial charge in [0.05, 0.1) is 13.2 Å². The van der Waals surface area contributed by atoms with Gasteiger partial charge in [-0.15, -0.1) is 0 Å². The van der Waals surface area contributed by atoms with Crippen LogP contribution >= 0.6 is 0 Å². The van der Waals surface area contributed by atoms with Gasteiger partial charge in [-0.25, -0.2) is 0 Å². The molecule has 1 heterocycles. The van der Waals surface area contributed by atoms with Crippen LogP contribution in [-0.2, 0) is 4.84 Å². The Balaban J connectivity index is 2.47. The number of hydrogen-bond acceptors (Lipinski definition) is 3. The molecule has 0 aromatic heterocycles. The van der Waals surface area contributed by atoms with E-state index in [4.69, 9.17) is 9.57 Å². The quantitative estimate of drug-likeness (QED) is 0.796. The molecule has 1 aromatic rings. The van der Waals surface area contributed by atoms with E-state index in [0.717, 1.165) is 5.75 Å². The van der Waals surface area contributed by atoms with Crippen LogP contribution in [0.15, 0.2) is 12.1 Å². The molecule has 1 aromatic carbocycles. The Kier molecular flexibility index (Phi) is 3.17. The van der Waals surface area contributed by atoms with E-state index < -0.39 is 0 Å². The van der Waals surface area contributed by atoms with E-state index >= 15 is 0 Å². The summed E-state index contributed by atoms with van der Waals surface area (Å²) in [4.78, 5) is 5.03. The van der Waals surface area contributed by atoms with Crippen molar-refractivity contribution in [2.45, 2.75) is 32.7 Å². The molecular formula is C13H19NO2. The summed E-state index contributed by atoms with van der Waals surface area (Å²) >= 11 is 0. The van der Waals surface area contributed by atoms with Crippen molar-refractivity contribution >= 4 is 0 Å². The third-order valence-electron chi connectivity index (χ3n) is 3.05. The fourth-order valence-electron chi connectivity index (χ4n) is 2.26. The maximum Gasteiger partial charge on any atom is 0.127 e. The molecule has 1 aliphatic heterocycles. The van der Waals surface area contributed by atoms with E-state index in [-0.39, 0.29) is 6.04 Å². The minimum Gasteiger partial charge on any atom is -0.491 e. The molecule has 1 N–H and O–H groups in total. The zero-order valence-electron chi connectivity index (χ0n) is 10.3. The Morgan fingerprint density at radius 1 is 1.44 bits per heavy atom. The first-order valence-electron chi connectivity index (χ1n) is 5.69. The molecule has 0 bridgehead atoms. The van der Waals surface area contributed by atoms with Crippen LogP contribution < -0.4 is 10.2 Å². The SMILES string of the molecule is CONC1COc2c(C)ccc(C(C)C)c21. The lowest BCUT2D eigenvalue weighted by Gasteiger charge is -2.16. The molecule has 0 radical (unpaired) electrons. The second kappa shape index (κ2) is 4.44. The van der Waals surface area contributed by atoms with Crippen molar-refractivity contribution in [2.24, 2.45) is 0 Å². The van der Waals surface area contributed by atoms with Crippen molar-refractivity contribution in [3.05, 3.63) is 28.8 Å². The van der Waals surface area contributed by atoms with Gasteiger partial charge in [-0.3, -0.25) is 0 Å². The standard InChI is InChI=1S/C13H19NO2/c1-8(2)10-6-5-9(3)13-12(10)11(7-16-13)14-15-4/h5-6,8,11,14H,7H2,1-4H3. The molecule has 0 spiro atoms. The number of rotatable bonds is 3. The molecule has 2 rings (SSSR count). The van der Waals surface area contributed by atoms with Gasteiger partial charge in [-0.05, 0) is 24.0 Å². The maximum absolute atomic E-state index is 5.74. The minimum absolute atomic E-state index is 0.150. The van der Waals surface area contributed by atoms with Crippen LogP contribution in [0.1, 0.15) is 42.5 Å². The summed E-state index contributed by atoms with van der Waals surface area (Å²) in [5.74, 6) is 1.53. The van der Waals surface area contributed by atoms with Gasteiger partial charge in [0.2, 0.25) is 0 Å². The van der Waals surface area contributed by atoms with Crippen molar-refractivity contribution in [1.29, 1.82) is 0 Å². The number of aryl methyl sites for hydroxylation is 1. The van der Waals surface area contributed by atoms with E-state index in [1.165, 1.54) is 16.7 Å². The topological polar surface area (TPSA) is 30.5 Å². The Labute approximate surface area is 96.7 Å². The molecule has 16 heavy (non-hydrogen) atoms. The first-order valence-corrected chi connectivity index (χ1v) is 5.69. The number of hydrogen-bond donors (Lipinski definition) is 1. The fourth-order valence-corrected chi connectivity index (χ4v) is 2.26. The van der Waals surface area contributed by atoms with Gasteiger partial charge in [0.15, 0.2) is 0 Å². The van der Waals surface area contributed by atoms with Gasteiger partial charge >= 0.3 is 0 Å². The van der Waals surface area contributed by atoms with Gasteiger partial charge in [-0.1, -0.05) is 26.0 Å². The average Bonchev–Trinajstić information content (AvgIpc) is 2.64. The Morgan fingerprint density at radius 2 is 2.19 bits per heavy atom. The zero-order chi connectivity index (χ0) is 11.7. The number of ether oxygens (including phenoxy) is 1. The summed E-state index contributed by atoms with van der Waals surface area (Å²) in [6, 6.07) is 4.47. The van der Waals surface area contributed by atoms with Crippen LogP contribution in [0.5, 0.6) is 5.75 Å². The Morgan fingerprint density at radius 3 is 2.81 bits per heavy atom. The van der Waals surface area contributed by atoms with Crippen LogP contribution in [-0.4, -0.2) is 13.7 Å². The largest absolute Gasteiger partial charge is 0.491 e. The van der Waals surface area contributed by atoms with Crippen molar-refractivity contribution < 1.29 is 9.57 Å². The maximum atomic E-state index is 5.74. The zero-order valence-corrected chi connectivity index (χ0v) is 10.3. The third-order valence-corrected chi connectivity index (χ3v) is 3.05. The molecule has 1 aliphatic rings. The lowest BCUT2D eigenvalue weighted by atomic mass is 9.92. The van der Waals surface area contributed by atoms with Crippen LogP contribution in [0.3, 0.4) is 0 Å². The lowest BCUT2D eigenvalue weighted by Crippen LogP contribution is -2.22. The lowest BCUT2D eigenvalue weighted by molar-refractivity contribution is 0.0533. The van der Waals surface area contributed by atoms with E-state index in [2.05, 4.69) is 38.4 Å². The molecule has 0 aliphatic carbocycles. The second-order valence-electron chi connectivity index (χ2n) is 4.55. The summed E-state index contributed by atoms with van der Waals surface area (Å²) in [7, 11) is 1.64. The van der Waals surface area contributed by atoms with Crippen molar-refractivity contribution in [2.75, 3.05) is 13.7 Å². The van der Waals surface area contributed by atoms with Crippen molar-refractivity contribution in [3.8, 4) is 5.75 Å². The minimum atomic E-state index is 0.150. The highest BCUT2D eigenvalue weighted by molar-refractivity contribution is 5.51. The summed E-state index contributed by atoms with van der Waals surface area (Å²) < 4.78 is 5.74. The number of fused-ring (bicyclic) bond motifs is 1. The van der Waals surface area contributed by atoms with Crippen LogP contribution in [0, 0.1) is 6.92 Å². The number of hydroxylamine groups is 1. The first-order chi connectivity index (χ1) is 7.65. The molecule has 0 saturated heterocycles. The van der Waals surface area contributed by atoms with E-state index in [9.17, 15) is 0 Å². The molecule has 0 fully saturated rings. The highest BCUT2D eigenvalue weighted by Gasteiger charge is 2.29. The predicted molar refractivity (Wildman–Crippen MR) is 63.6 cm³/mol. The molecule has 3 heteroatoms. The predicted octanol–water partition coefficient (Wildman–Crippen LogP) is 2.70. The normalized spacial score (nSPS) is 18.7. The molecular weight excluding hydrogens is 202 g/mol. The second-order valence-corrected chi connectivity index (χ2v) is 4.55. The number of nitrogens with one attached hydrogen (secondary N) is 1. The molecule has 1 unspecified atom stereocenters. The van der Waals surface area contributed by atoms with Gasteiger partial charge in [0.25, 0.3) is 0 Å². The molecule has 88 valence electrons. The van der Waals surface area contributed by atoms with Gasteiger partial charge in [-0.2, -0.15) is 5.48 Å². The molecule has 1 atom stereocenters. The molecule has 0 saturated carbocycles. The first kappa shape index (κ1) is 11.4. The third kappa shape index (κ3) is 1.81. The van der Waals surface area contributed by atoms with Crippen LogP contribution in [0.4, 0.5) is 0 Å². The van der Waals surface area contributed by atoms with Crippen molar-refractivity contribution in [3.63, 3.8) is 0 Å². The van der Waals surface area contributed by atoms with Gasteiger partial charge in [0.1, 0.15) is 12.4 Å². The highest BCUT2D eigenvalue weighted by atomic mass is 16.6. The van der Waals surface area contributed by atoms with Crippen LogP contribution in [0.2, 0.25) is 0 Å². The highest BCUT2D eigenvalue weighted by Crippen LogP contribution is 2.40. The summed E-state index contributed by atoms with van der Waals surface area (Å²) in [5, 5.41) is 0. The fraction of sp³-hybridized carbons (Fsp3) is 0.538. The molecule has 0 amide bonds. The summed E-state index contributed by atoms with van der Waals surface area (Å²) in [6.45, 7) is 7.13. The Bertz CT molecular complexity index is 388. The monoisotopic (exact) mass is 221 g/mol. The average molecular weight is 221 g/mol. The van der Waals surface area contributed by atoms with Crippen LogP contribution in [0.25, 0.3) is 0 Å². The summed E-state index contributed by atoms with van der Waals surface area (Å²) in [6.07, 6.45) is 0. The van der Waals surface area contributed by atoms with E-state index in [1.54, 1.807) is 7.11 Å². The smallest absolute Gasteiger partial charge is 0.127 e. The van der Waals surface area contributed by atoms with Gasteiger partial charge in [0, 0.05) is 5.56 Å². The van der Waals surface area contributed by atoms with Crippen molar-refractivity contribution in [1.82, 2.24) is 5.48 Å². The van der Waals surface area contributed by atoms with E-state index in [0.29, 0.717) is 12.5 Å². The van der Waals surface area contributed by atoms with E-state index in [1.807, 2.05) is 0 Å². The molecule has 3 nitrogen and oxygen atoms in total. The van der Waals surface area contributed by atoms with Gasteiger partial charge < -0.3 is 9.57 Å². The Hall–Kier alpha value is -1.06. The summed E-state index contributed by atoms with van der Waals surface area (Å²) in [5.41, 5.74) is 6.79. The number of benzene rings is 1.